The van der Waals surface area contributed by atoms with E-state index in [2.05, 4.69) is 6.92 Å². The van der Waals surface area contributed by atoms with E-state index in [1.54, 1.807) is 0 Å². The minimum absolute atomic E-state index is 0.00871. The molecular formula is C16H21ClO4S. The number of benzene rings is 1. The molecule has 0 N–H and O–H groups in total. The highest BCUT2D eigenvalue weighted by Gasteiger charge is 2.65. The summed E-state index contributed by atoms with van der Waals surface area (Å²) in [4.78, 5) is 0. The average molecular weight is 345 g/mol. The van der Waals surface area contributed by atoms with E-state index in [-0.39, 0.29) is 17.9 Å². The van der Waals surface area contributed by atoms with Gasteiger partial charge >= 0.3 is 0 Å². The Hall–Kier alpha value is -0.620. The van der Waals surface area contributed by atoms with Crippen LogP contribution in [-0.4, -0.2) is 33.5 Å². The fraction of sp³-hybridized carbons (Fsp3) is 0.625. The standard InChI is InChI=1S/C16H21ClO4S/c1-15-8-7-13(9-12-3-5-14(17)6-4-12)16(15,20-10-15)11-21-22(2,18)19/h3-6,13H,7-11H2,1-2H3/t13-,15+,16+/m1/s1. The lowest BCUT2D eigenvalue weighted by molar-refractivity contribution is -0.271. The first-order valence-corrected chi connectivity index (χ1v) is 9.66. The lowest BCUT2D eigenvalue weighted by atomic mass is 9.68. The first-order chi connectivity index (χ1) is 10.2. The zero-order chi connectivity index (χ0) is 16.0. The summed E-state index contributed by atoms with van der Waals surface area (Å²) in [6.07, 6.45) is 3.99. The van der Waals surface area contributed by atoms with E-state index in [4.69, 9.17) is 20.5 Å². The van der Waals surface area contributed by atoms with Crippen molar-refractivity contribution >= 4 is 21.7 Å². The van der Waals surface area contributed by atoms with E-state index in [1.165, 1.54) is 5.56 Å². The topological polar surface area (TPSA) is 52.6 Å². The molecule has 1 aromatic carbocycles. The summed E-state index contributed by atoms with van der Waals surface area (Å²) in [6, 6.07) is 7.79. The smallest absolute Gasteiger partial charge is 0.264 e. The Morgan fingerprint density at radius 1 is 1.36 bits per heavy atom. The Balaban J connectivity index is 1.79. The first-order valence-electron chi connectivity index (χ1n) is 7.47. The van der Waals surface area contributed by atoms with Gasteiger partial charge in [0.1, 0.15) is 5.60 Å². The van der Waals surface area contributed by atoms with Crippen LogP contribution in [0.4, 0.5) is 0 Å². The molecule has 0 amide bonds. The zero-order valence-corrected chi connectivity index (χ0v) is 14.4. The zero-order valence-electron chi connectivity index (χ0n) is 12.8. The van der Waals surface area contributed by atoms with E-state index < -0.39 is 15.7 Å². The molecular weight excluding hydrogens is 324 g/mol. The molecule has 2 fully saturated rings. The second kappa shape index (κ2) is 5.48. The van der Waals surface area contributed by atoms with Gasteiger partial charge in [-0.3, -0.25) is 4.18 Å². The maximum Gasteiger partial charge on any atom is 0.264 e. The van der Waals surface area contributed by atoms with Crippen LogP contribution in [-0.2, 0) is 25.5 Å². The molecule has 1 aromatic rings. The van der Waals surface area contributed by atoms with Crippen molar-refractivity contribution in [2.45, 2.75) is 31.8 Å². The van der Waals surface area contributed by atoms with Crippen LogP contribution >= 0.6 is 11.6 Å². The third kappa shape index (κ3) is 2.80. The number of rotatable bonds is 5. The molecule has 0 spiro atoms. The van der Waals surface area contributed by atoms with E-state index in [0.29, 0.717) is 6.61 Å². The fourth-order valence-electron chi connectivity index (χ4n) is 3.82. The largest absolute Gasteiger partial charge is 0.371 e. The first kappa shape index (κ1) is 16.2. The predicted octanol–water partition coefficient (Wildman–Crippen LogP) is 3.04. The number of fused-ring (bicyclic) bond motifs is 1. The van der Waals surface area contributed by atoms with Crippen molar-refractivity contribution < 1.29 is 17.3 Å². The van der Waals surface area contributed by atoms with Gasteiger partial charge < -0.3 is 4.74 Å². The molecule has 22 heavy (non-hydrogen) atoms. The van der Waals surface area contributed by atoms with Gasteiger partial charge in [-0.25, -0.2) is 0 Å². The van der Waals surface area contributed by atoms with Crippen molar-refractivity contribution in [1.82, 2.24) is 0 Å². The van der Waals surface area contributed by atoms with Gasteiger partial charge in [0, 0.05) is 10.4 Å². The van der Waals surface area contributed by atoms with Crippen LogP contribution in [0.25, 0.3) is 0 Å². The van der Waals surface area contributed by atoms with E-state index in [9.17, 15) is 8.42 Å². The third-order valence-corrected chi connectivity index (χ3v) is 6.05. The molecule has 1 saturated carbocycles. The third-order valence-electron chi connectivity index (χ3n) is 5.26. The lowest BCUT2D eigenvalue weighted by Gasteiger charge is -2.55. The van der Waals surface area contributed by atoms with Gasteiger partial charge in [-0.2, -0.15) is 8.42 Å². The summed E-state index contributed by atoms with van der Waals surface area (Å²) >= 11 is 5.93. The van der Waals surface area contributed by atoms with Gasteiger partial charge in [0.25, 0.3) is 10.1 Å². The molecule has 1 aliphatic heterocycles. The monoisotopic (exact) mass is 344 g/mol. The second-order valence-corrected chi connectivity index (χ2v) is 8.85. The van der Waals surface area contributed by atoms with Crippen molar-refractivity contribution in [3.8, 4) is 0 Å². The fourth-order valence-corrected chi connectivity index (χ4v) is 4.34. The molecule has 1 heterocycles. The summed E-state index contributed by atoms with van der Waals surface area (Å²) in [5, 5.41) is 0.718. The van der Waals surface area contributed by atoms with Crippen molar-refractivity contribution in [2.24, 2.45) is 11.3 Å². The summed E-state index contributed by atoms with van der Waals surface area (Å²) in [7, 11) is -3.47. The normalized spacial score (nSPS) is 34.2. The van der Waals surface area contributed by atoms with Gasteiger partial charge in [-0.1, -0.05) is 30.7 Å². The highest BCUT2D eigenvalue weighted by Crippen LogP contribution is 2.60. The maximum atomic E-state index is 11.4. The van der Waals surface area contributed by atoms with E-state index >= 15 is 0 Å². The molecule has 122 valence electrons. The van der Waals surface area contributed by atoms with Crippen LogP contribution in [0.1, 0.15) is 25.3 Å². The molecule has 1 saturated heterocycles. The van der Waals surface area contributed by atoms with Crippen LogP contribution < -0.4 is 0 Å². The molecule has 0 aromatic heterocycles. The number of hydrogen-bond donors (Lipinski definition) is 0. The molecule has 6 heteroatoms. The Kier molecular flexibility index (Phi) is 4.05. The highest BCUT2D eigenvalue weighted by molar-refractivity contribution is 7.85. The summed E-state index contributed by atoms with van der Waals surface area (Å²) in [5.74, 6) is 0.258. The molecule has 0 bridgehead atoms. The number of hydrogen-bond acceptors (Lipinski definition) is 4. The Labute approximate surface area is 136 Å². The SMILES string of the molecule is C[C@@]12CC[C@H](Cc3ccc(Cl)cc3)[C@]1(COS(C)(=O)=O)OC2. The Morgan fingerprint density at radius 3 is 2.59 bits per heavy atom. The van der Waals surface area contributed by atoms with Crippen LogP contribution in [0.2, 0.25) is 5.02 Å². The number of ether oxygens (including phenoxy) is 1. The molecule has 3 atom stereocenters. The van der Waals surface area contributed by atoms with Crippen molar-refractivity contribution in [1.29, 1.82) is 0 Å². The molecule has 2 aliphatic rings. The number of halogens is 1. The maximum absolute atomic E-state index is 11.4. The van der Waals surface area contributed by atoms with E-state index in [1.807, 2.05) is 24.3 Å². The van der Waals surface area contributed by atoms with Gasteiger partial charge in [0.05, 0.1) is 19.5 Å². The second-order valence-electron chi connectivity index (χ2n) is 6.77. The summed E-state index contributed by atoms with van der Waals surface area (Å²) in [5.41, 5.74) is 0.706. The van der Waals surface area contributed by atoms with Gasteiger partial charge in [0.15, 0.2) is 0 Å². The van der Waals surface area contributed by atoms with Gasteiger partial charge in [-0.15, -0.1) is 0 Å². The minimum Gasteiger partial charge on any atom is -0.371 e. The van der Waals surface area contributed by atoms with E-state index in [0.717, 1.165) is 30.5 Å². The highest BCUT2D eigenvalue weighted by atomic mass is 35.5. The molecule has 0 unspecified atom stereocenters. The summed E-state index contributed by atoms with van der Waals surface area (Å²) in [6.45, 7) is 2.96. The van der Waals surface area contributed by atoms with Crippen molar-refractivity contribution in [3.63, 3.8) is 0 Å². The Bertz CT molecular complexity index is 657. The summed E-state index contributed by atoms with van der Waals surface area (Å²) < 4.78 is 33.8. The Morgan fingerprint density at radius 2 is 2.05 bits per heavy atom. The van der Waals surface area contributed by atoms with Gasteiger partial charge in [0.2, 0.25) is 0 Å². The van der Waals surface area contributed by atoms with Gasteiger partial charge in [-0.05, 0) is 42.9 Å². The van der Waals surface area contributed by atoms with Crippen LogP contribution in [0.15, 0.2) is 24.3 Å². The quantitative estimate of drug-likeness (QED) is 0.770. The minimum atomic E-state index is -3.47. The molecule has 1 aliphatic carbocycles. The van der Waals surface area contributed by atoms with Crippen LogP contribution in [0.3, 0.4) is 0 Å². The molecule has 0 radical (unpaired) electrons. The van der Waals surface area contributed by atoms with Crippen molar-refractivity contribution in [2.75, 3.05) is 19.5 Å². The lowest BCUT2D eigenvalue weighted by Crippen LogP contribution is -2.64. The van der Waals surface area contributed by atoms with Crippen LogP contribution in [0, 0.1) is 11.3 Å². The average Bonchev–Trinajstić information content (AvgIpc) is 2.60. The predicted molar refractivity (Wildman–Crippen MR) is 85.5 cm³/mol. The molecule has 4 nitrogen and oxygen atoms in total. The van der Waals surface area contributed by atoms with Crippen LogP contribution in [0.5, 0.6) is 0 Å². The molecule has 3 rings (SSSR count). The van der Waals surface area contributed by atoms with Crippen molar-refractivity contribution in [3.05, 3.63) is 34.9 Å².